The third kappa shape index (κ3) is 8.13. The van der Waals surface area contributed by atoms with Crippen LogP contribution in [0.2, 0.25) is 0 Å². The van der Waals surface area contributed by atoms with Crippen molar-refractivity contribution in [2.75, 3.05) is 45.8 Å². The van der Waals surface area contributed by atoms with E-state index >= 15 is 0 Å². The quantitative estimate of drug-likeness (QED) is 0.525. The molecule has 1 aliphatic rings. The van der Waals surface area contributed by atoms with Gasteiger partial charge in [0.05, 0.1) is 12.6 Å². The summed E-state index contributed by atoms with van der Waals surface area (Å²) in [6.45, 7) is 13.4. The van der Waals surface area contributed by atoms with Crippen LogP contribution in [0, 0.1) is 5.92 Å². The minimum absolute atomic E-state index is 0.0269. The van der Waals surface area contributed by atoms with Crippen LogP contribution >= 0.6 is 0 Å². The van der Waals surface area contributed by atoms with Crippen LogP contribution in [0.3, 0.4) is 0 Å². The van der Waals surface area contributed by atoms with E-state index in [4.69, 9.17) is 0 Å². The topological polar surface area (TPSA) is 93.8 Å². The molecule has 1 saturated heterocycles. The lowest BCUT2D eigenvalue weighted by molar-refractivity contribution is -0.127. The molecule has 0 aromatic rings. The number of carbonyl (C=O) groups is 3. The predicted molar refractivity (Wildman–Crippen MR) is 97.1 cm³/mol. The van der Waals surface area contributed by atoms with Gasteiger partial charge in [-0.15, -0.1) is 6.58 Å². The monoisotopic (exact) mass is 353 g/mol. The van der Waals surface area contributed by atoms with E-state index in [0.29, 0.717) is 51.7 Å². The number of nitrogens with one attached hydrogen (secondary N) is 3. The normalized spacial score (nSPS) is 17.0. The molecule has 1 aliphatic heterocycles. The fraction of sp³-hybridized carbons (Fsp3) is 0.706. The molecule has 0 aromatic carbocycles. The van der Waals surface area contributed by atoms with Gasteiger partial charge in [-0.1, -0.05) is 19.9 Å². The van der Waals surface area contributed by atoms with Crippen molar-refractivity contribution in [1.82, 2.24) is 25.8 Å². The molecule has 0 saturated carbocycles. The molecule has 0 radical (unpaired) electrons. The number of rotatable bonds is 8. The minimum Gasteiger partial charge on any atom is -0.352 e. The van der Waals surface area contributed by atoms with E-state index in [1.54, 1.807) is 13.0 Å². The maximum atomic E-state index is 12.2. The number of hydrogen-bond donors (Lipinski definition) is 3. The van der Waals surface area contributed by atoms with Crippen LogP contribution in [0.5, 0.6) is 0 Å². The van der Waals surface area contributed by atoms with Crippen LogP contribution in [-0.4, -0.2) is 79.5 Å². The highest BCUT2D eigenvalue weighted by atomic mass is 16.2. The van der Waals surface area contributed by atoms with Gasteiger partial charge in [0.1, 0.15) is 0 Å². The number of carbonyl (C=O) groups excluding carboxylic acids is 3. The van der Waals surface area contributed by atoms with Gasteiger partial charge in [0, 0.05) is 39.3 Å². The second-order valence-corrected chi connectivity index (χ2v) is 6.67. The van der Waals surface area contributed by atoms with Crippen LogP contribution in [-0.2, 0) is 9.59 Å². The van der Waals surface area contributed by atoms with Gasteiger partial charge in [0.25, 0.3) is 0 Å². The van der Waals surface area contributed by atoms with Gasteiger partial charge in [-0.2, -0.15) is 0 Å². The van der Waals surface area contributed by atoms with E-state index in [9.17, 15) is 14.4 Å². The Hall–Kier alpha value is -1.93. The number of piperazine rings is 1. The molecule has 3 N–H and O–H groups in total. The maximum Gasteiger partial charge on any atom is 0.321 e. The molecule has 0 unspecified atom stereocenters. The van der Waals surface area contributed by atoms with E-state index in [0.717, 1.165) is 0 Å². The molecule has 1 atom stereocenters. The van der Waals surface area contributed by atoms with Gasteiger partial charge in [-0.3, -0.25) is 24.7 Å². The van der Waals surface area contributed by atoms with Crippen molar-refractivity contribution < 1.29 is 14.4 Å². The van der Waals surface area contributed by atoms with Crippen molar-refractivity contribution in [2.24, 2.45) is 5.92 Å². The molecule has 1 fully saturated rings. The highest BCUT2D eigenvalue weighted by Gasteiger charge is 2.27. The zero-order chi connectivity index (χ0) is 18.8. The molecule has 0 spiro atoms. The molecule has 142 valence electrons. The summed E-state index contributed by atoms with van der Waals surface area (Å²) >= 11 is 0. The van der Waals surface area contributed by atoms with Crippen LogP contribution < -0.4 is 16.0 Å². The van der Waals surface area contributed by atoms with Gasteiger partial charge >= 0.3 is 6.03 Å². The fourth-order valence-electron chi connectivity index (χ4n) is 2.48. The van der Waals surface area contributed by atoms with E-state index in [2.05, 4.69) is 27.4 Å². The van der Waals surface area contributed by atoms with E-state index in [1.165, 1.54) is 0 Å². The Bertz CT molecular complexity index is 473. The summed E-state index contributed by atoms with van der Waals surface area (Å²) in [6.07, 6.45) is 1.65. The molecule has 1 heterocycles. The van der Waals surface area contributed by atoms with E-state index in [1.807, 2.05) is 18.7 Å². The largest absolute Gasteiger partial charge is 0.352 e. The van der Waals surface area contributed by atoms with Crippen LogP contribution in [0.25, 0.3) is 0 Å². The SMILES string of the molecule is C=CCNC(=O)CN1CCN([C@H](C)C(=O)NC(=O)NCC(C)C)CC1. The maximum absolute atomic E-state index is 12.2. The third-order valence-electron chi connectivity index (χ3n) is 4.05. The first kappa shape index (κ1) is 21.1. The van der Waals surface area contributed by atoms with E-state index in [-0.39, 0.29) is 17.9 Å². The molecular weight excluding hydrogens is 322 g/mol. The lowest BCUT2D eigenvalue weighted by Gasteiger charge is -2.36. The average Bonchev–Trinajstić information content (AvgIpc) is 2.58. The standard InChI is InChI=1S/C17H31N5O3/c1-5-6-18-15(23)12-21-7-9-22(10-8-21)14(4)16(24)20-17(25)19-11-13(2)3/h5,13-14H,1,6-12H2,2-4H3,(H,18,23)(H2,19,20,24,25)/t14-/m1/s1. The second-order valence-electron chi connectivity index (χ2n) is 6.67. The first-order valence-electron chi connectivity index (χ1n) is 8.76. The minimum atomic E-state index is -0.455. The summed E-state index contributed by atoms with van der Waals surface area (Å²) in [5.74, 6) is -0.00516. The molecule has 0 bridgehead atoms. The lowest BCUT2D eigenvalue weighted by atomic mass is 10.2. The van der Waals surface area contributed by atoms with Gasteiger partial charge in [0.15, 0.2) is 0 Å². The van der Waals surface area contributed by atoms with Crippen molar-refractivity contribution in [1.29, 1.82) is 0 Å². The first-order chi connectivity index (χ1) is 11.8. The Balaban J connectivity index is 2.33. The first-order valence-corrected chi connectivity index (χ1v) is 8.76. The fourth-order valence-corrected chi connectivity index (χ4v) is 2.48. The van der Waals surface area contributed by atoms with Gasteiger partial charge in [0.2, 0.25) is 11.8 Å². The molecule has 0 aromatic heterocycles. The molecule has 8 heteroatoms. The average molecular weight is 353 g/mol. The number of hydrogen-bond acceptors (Lipinski definition) is 5. The smallest absolute Gasteiger partial charge is 0.321 e. The van der Waals surface area contributed by atoms with E-state index < -0.39 is 6.03 Å². The Kier molecular flexibility index (Phi) is 9.15. The van der Waals surface area contributed by atoms with Gasteiger partial charge in [-0.25, -0.2) is 4.79 Å². The van der Waals surface area contributed by atoms with Crippen molar-refractivity contribution in [3.63, 3.8) is 0 Å². The highest BCUT2D eigenvalue weighted by molar-refractivity contribution is 5.96. The van der Waals surface area contributed by atoms with Crippen molar-refractivity contribution >= 4 is 17.8 Å². The van der Waals surface area contributed by atoms with Crippen molar-refractivity contribution in [3.05, 3.63) is 12.7 Å². The number of nitrogens with zero attached hydrogens (tertiary/aromatic N) is 2. The summed E-state index contributed by atoms with van der Waals surface area (Å²) in [7, 11) is 0. The number of amides is 4. The van der Waals surface area contributed by atoms with Gasteiger partial charge in [-0.05, 0) is 12.8 Å². The Labute approximate surface area is 150 Å². The Morgan fingerprint density at radius 3 is 2.28 bits per heavy atom. The summed E-state index contributed by atoms with van der Waals surface area (Å²) in [6, 6.07) is -0.843. The van der Waals surface area contributed by atoms with Gasteiger partial charge < -0.3 is 10.6 Å². The zero-order valence-corrected chi connectivity index (χ0v) is 15.5. The molecular formula is C17H31N5O3. The summed E-state index contributed by atoms with van der Waals surface area (Å²) < 4.78 is 0. The molecule has 0 aliphatic carbocycles. The molecule has 1 rings (SSSR count). The number of imide groups is 1. The third-order valence-corrected chi connectivity index (χ3v) is 4.05. The highest BCUT2D eigenvalue weighted by Crippen LogP contribution is 2.06. The van der Waals surface area contributed by atoms with Crippen LogP contribution in [0.1, 0.15) is 20.8 Å². The second kappa shape index (κ2) is 10.8. The molecule has 8 nitrogen and oxygen atoms in total. The molecule has 4 amide bonds. The Morgan fingerprint density at radius 1 is 1.08 bits per heavy atom. The van der Waals surface area contributed by atoms with Crippen LogP contribution in [0.4, 0.5) is 4.79 Å². The van der Waals surface area contributed by atoms with Crippen LogP contribution in [0.15, 0.2) is 12.7 Å². The lowest BCUT2D eigenvalue weighted by Crippen LogP contribution is -2.56. The van der Waals surface area contributed by atoms with Crippen molar-refractivity contribution in [2.45, 2.75) is 26.8 Å². The molecule has 25 heavy (non-hydrogen) atoms. The zero-order valence-electron chi connectivity index (χ0n) is 15.5. The number of urea groups is 1. The predicted octanol–water partition coefficient (Wildman–Crippen LogP) is -0.223. The summed E-state index contributed by atoms with van der Waals surface area (Å²) in [5.41, 5.74) is 0. The Morgan fingerprint density at radius 2 is 1.72 bits per heavy atom. The van der Waals surface area contributed by atoms with Crippen molar-refractivity contribution in [3.8, 4) is 0 Å². The summed E-state index contributed by atoms with van der Waals surface area (Å²) in [4.78, 5) is 39.6. The summed E-state index contributed by atoms with van der Waals surface area (Å²) in [5, 5.41) is 7.80.